The van der Waals surface area contributed by atoms with E-state index in [9.17, 15) is 0 Å². The van der Waals surface area contributed by atoms with Crippen molar-refractivity contribution >= 4 is 34.1 Å². The van der Waals surface area contributed by atoms with E-state index in [-0.39, 0.29) is 6.61 Å². The van der Waals surface area contributed by atoms with Gasteiger partial charge < -0.3 is 19.9 Å². The second-order valence-electron chi connectivity index (χ2n) is 6.28. The molecule has 3 heterocycles. The highest BCUT2D eigenvalue weighted by molar-refractivity contribution is 6.32. The van der Waals surface area contributed by atoms with Crippen LogP contribution in [0.2, 0.25) is 5.02 Å². The largest absolute Gasteiger partial charge is 0.486 e. The first-order chi connectivity index (χ1) is 14.7. The highest BCUT2D eigenvalue weighted by atomic mass is 35.5. The van der Waals surface area contributed by atoms with Gasteiger partial charge in [0, 0.05) is 24.9 Å². The number of aromatic nitrogens is 5. The number of aliphatic hydroxyl groups excluding tert-OH is 1. The zero-order valence-corrected chi connectivity index (χ0v) is 16.6. The molecule has 0 unspecified atom stereocenters. The second-order valence-corrected chi connectivity index (χ2v) is 6.69. The third kappa shape index (κ3) is 4.58. The summed E-state index contributed by atoms with van der Waals surface area (Å²) in [4.78, 5) is 12.7. The quantitative estimate of drug-likeness (QED) is 0.348. The molecule has 4 aromatic rings. The van der Waals surface area contributed by atoms with Crippen LogP contribution in [0.15, 0.2) is 48.9 Å². The molecule has 30 heavy (non-hydrogen) atoms. The molecular formula is C20H19ClN6O3. The van der Waals surface area contributed by atoms with Gasteiger partial charge in [-0.05, 0) is 30.3 Å². The van der Waals surface area contributed by atoms with Gasteiger partial charge in [0.05, 0.1) is 17.3 Å². The lowest BCUT2D eigenvalue weighted by molar-refractivity contribution is 0.230. The van der Waals surface area contributed by atoms with Gasteiger partial charge in [-0.15, -0.1) is 5.10 Å². The van der Waals surface area contributed by atoms with Gasteiger partial charge in [0.15, 0.2) is 5.65 Å². The van der Waals surface area contributed by atoms with Crippen molar-refractivity contribution in [2.45, 2.75) is 13.0 Å². The van der Waals surface area contributed by atoms with Crippen molar-refractivity contribution < 1.29 is 14.6 Å². The maximum atomic E-state index is 8.94. The zero-order valence-electron chi connectivity index (χ0n) is 15.9. The summed E-state index contributed by atoms with van der Waals surface area (Å²) in [6.07, 6.45) is 3.64. The molecule has 0 saturated heterocycles. The van der Waals surface area contributed by atoms with Crippen molar-refractivity contribution in [3.63, 3.8) is 0 Å². The summed E-state index contributed by atoms with van der Waals surface area (Å²) in [6.45, 7) is 0.694. The standard InChI is InChI=1S/C20H19ClN6O3/c21-15-10-13(5-6-16(15)30-11-14-4-1-2-7-22-14)25-18-17-19(24-12-23-18)26-27-20(17)29-9-3-8-28/h1-2,4-7,10,12,28H,3,8-9,11H2,(H2,23,24,25,26,27). The highest BCUT2D eigenvalue weighted by Crippen LogP contribution is 2.33. The minimum atomic E-state index is 0.0389. The van der Waals surface area contributed by atoms with Crippen LogP contribution in [0.4, 0.5) is 11.5 Å². The monoisotopic (exact) mass is 426 g/mol. The number of nitrogens with one attached hydrogen (secondary N) is 2. The number of anilines is 2. The highest BCUT2D eigenvalue weighted by Gasteiger charge is 2.15. The molecule has 10 heteroatoms. The van der Waals surface area contributed by atoms with Crippen LogP contribution in [0.5, 0.6) is 11.6 Å². The molecule has 0 atom stereocenters. The molecule has 9 nitrogen and oxygen atoms in total. The summed E-state index contributed by atoms with van der Waals surface area (Å²) in [5.41, 5.74) is 2.06. The van der Waals surface area contributed by atoms with Crippen LogP contribution < -0.4 is 14.8 Å². The third-order valence-corrected chi connectivity index (χ3v) is 4.46. The number of halogens is 1. The summed E-state index contributed by atoms with van der Waals surface area (Å²) in [5, 5.41) is 20.2. The van der Waals surface area contributed by atoms with Crippen LogP contribution in [-0.4, -0.2) is 43.5 Å². The lowest BCUT2D eigenvalue weighted by Gasteiger charge is -2.11. The first kappa shape index (κ1) is 19.9. The van der Waals surface area contributed by atoms with Gasteiger partial charge in [-0.2, -0.15) is 0 Å². The van der Waals surface area contributed by atoms with Crippen molar-refractivity contribution in [1.29, 1.82) is 0 Å². The minimum Gasteiger partial charge on any atom is -0.486 e. The topological polar surface area (TPSA) is 118 Å². The molecule has 3 N–H and O–H groups in total. The molecule has 0 radical (unpaired) electrons. The number of pyridine rings is 1. The van der Waals surface area contributed by atoms with Crippen LogP contribution in [0.1, 0.15) is 12.1 Å². The fraction of sp³-hybridized carbons (Fsp3) is 0.200. The Morgan fingerprint density at radius 3 is 2.83 bits per heavy atom. The number of H-pyrrole nitrogens is 1. The Labute approximate surface area is 177 Å². The minimum absolute atomic E-state index is 0.0389. The Bertz CT molecular complexity index is 1120. The molecule has 0 amide bonds. The smallest absolute Gasteiger partial charge is 0.246 e. The predicted octanol–water partition coefficient (Wildman–Crippen LogP) is 3.49. The number of nitrogens with zero attached hydrogens (tertiary/aromatic N) is 4. The van der Waals surface area contributed by atoms with E-state index in [2.05, 4.69) is 30.5 Å². The molecule has 0 fully saturated rings. The first-order valence-corrected chi connectivity index (χ1v) is 9.64. The molecule has 1 aromatic carbocycles. The number of ether oxygens (including phenoxy) is 2. The van der Waals surface area contributed by atoms with Gasteiger partial charge in [-0.25, -0.2) is 9.97 Å². The third-order valence-electron chi connectivity index (χ3n) is 4.16. The molecular weight excluding hydrogens is 408 g/mol. The van der Waals surface area contributed by atoms with E-state index in [1.165, 1.54) is 6.33 Å². The molecule has 4 rings (SSSR count). The van der Waals surface area contributed by atoms with E-state index in [1.54, 1.807) is 18.3 Å². The van der Waals surface area contributed by atoms with E-state index in [0.29, 0.717) is 58.8 Å². The maximum absolute atomic E-state index is 8.94. The van der Waals surface area contributed by atoms with Crippen LogP contribution in [0, 0.1) is 0 Å². The molecule has 0 spiro atoms. The molecule has 0 aliphatic rings. The van der Waals surface area contributed by atoms with Gasteiger partial charge in [-0.1, -0.05) is 17.7 Å². The lowest BCUT2D eigenvalue weighted by atomic mass is 10.3. The number of fused-ring (bicyclic) bond motifs is 1. The average Bonchev–Trinajstić information content (AvgIpc) is 3.18. The fourth-order valence-electron chi connectivity index (χ4n) is 2.73. The number of rotatable bonds is 9. The molecule has 0 saturated carbocycles. The van der Waals surface area contributed by atoms with Crippen molar-refractivity contribution in [2.75, 3.05) is 18.5 Å². The Morgan fingerprint density at radius 1 is 1.10 bits per heavy atom. The number of hydrogen-bond acceptors (Lipinski definition) is 8. The summed E-state index contributed by atoms with van der Waals surface area (Å²) < 4.78 is 11.4. The maximum Gasteiger partial charge on any atom is 0.246 e. The van der Waals surface area contributed by atoms with Gasteiger partial charge >= 0.3 is 0 Å². The molecule has 0 aliphatic carbocycles. The summed E-state index contributed by atoms with van der Waals surface area (Å²) in [7, 11) is 0. The zero-order chi connectivity index (χ0) is 20.8. The number of hydrogen-bond donors (Lipinski definition) is 3. The van der Waals surface area contributed by atoms with Crippen LogP contribution in [-0.2, 0) is 6.61 Å². The van der Waals surface area contributed by atoms with E-state index in [1.807, 2.05) is 24.3 Å². The van der Waals surface area contributed by atoms with Crippen molar-refractivity contribution in [3.05, 3.63) is 59.6 Å². The first-order valence-electron chi connectivity index (χ1n) is 9.26. The van der Waals surface area contributed by atoms with E-state index in [4.69, 9.17) is 26.2 Å². The fourth-order valence-corrected chi connectivity index (χ4v) is 2.97. The summed E-state index contributed by atoms with van der Waals surface area (Å²) >= 11 is 6.39. The second kappa shape index (κ2) is 9.38. The Kier molecular flexibility index (Phi) is 6.21. The Morgan fingerprint density at radius 2 is 2.03 bits per heavy atom. The van der Waals surface area contributed by atoms with Gasteiger partial charge in [0.1, 0.15) is 29.9 Å². The summed E-state index contributed by atoms with van der Waals surface area (Å²) in [6, 6.07) is 11.0. The van der Waals surface area contributed by atoms with Crippen molar-refractivity contribution in [3.8, 4) is 11.6 Å². The molecule has 0 bridgehead atoms. The SMILES string of the molecule is OCCCOc1n[nH]c2ncnc(Nc3ccc(OCc4ccccn4)c(Cl)c3)c12. The van der Waals surface area contributed by atoms with E-state index in [0.717, 1.165) is 5.69 Å². The van der Waals surface area contributed by atoms with Crippen molar-refractivity contribution in [2.24, 2.45) is 0 Å². The van der Waals surface area contributed by atoms with Gasteiger partial charge in [0.25, 0.3) is 0 Å². The average molecular weight is 427 g/mol. The normalized spacial score (nSPS) is 10.9. The van der Waals surface area contributed by atoms with Crippen molar-refractivity contribution in [1.82, 2.24) is 25.1 Å². The number of benzene rings is 1. The number of aromatic amines is 1. The van der Waals surface area contributed by atoms with Gasteiger partial charge in [-0.3, -0.25) is 10.1 Å². The predicted molar refractivity (Wildman–Crippen MR) is 112 cm³/mol. The van der Waals surface area contributed by atoms with Crippen LogP contribution in [0.25, 0.3) is 11.0 Å². The van der Waals surface area contributed by atoms with Crippen LogP contribution in [0.3, 0.4) is 0 Å². The lowest BCUT2D eigenvalue weighted by Crippen LogP contribution is -2.02. The Hall–Kier alpha value is -3.43. The van der Waals surface area contributed by atoms with Gasteiger partial charge in [0.2, 0.25) is 5.88 Å². The molecule has 0 aliphatic heterocycles. The molecule has 3 aromatic heterocycles. The van der Waals surface area contributed by atoms with Crippen LogP contribution >= 0.6 is 11.6 Å². The van der Waals surface area contributed by atoms with E-state index >= 15 is 0 Å². The summed E-state index contributed by atoms with van der Waals surface area (Å²) in [5.74, 6) is 1.44. The van der Waals surface area contributed by atoms with E-state index < -0.39 is 0 Å². The number of aliphatic hydroxyl groups is 1. The molecule has 154 valence electrons. The Balaban J connectivity index is 1.50.